The predicted molar refractivity (Wildman–Crippen MR) is 72.8 cm³/mol. The van der Waals surface area contributed by atoms with Crippen LogP contribution in [0.15, 0.2) is 48.5 Å². The number of nitro groups is 1. The Morgan fingerprint density at radius 3 is 2.39 bits per heavy atom. The summed E-state index contributed by atoms with van der Waals surface area (Å²) in [6.45, 7) is 2.06. The molecule has 0 unspecified atom stereocenters. The second-order valence-corrected chi connectivity index (χ2v) is 4.40. The SMILES string of the molecule is Cc1cc2ccc([N+](=O)[O-])cc2c2ccccc12. The molecular formula is C15H11NO2. The molecule has 0 atom stereocenters. The number of nitrogens with zero attached hydrogens (tertiary/aromatic N) is 1. The lowest BCUT2D eigenvalue weighted by Gasteiger charge is -2.07. The quantitative estimate of drug-likeness (QED) is 0.361. The summed E-state index contributed by atoms with van der Waals surface area (Å²) in [5.41, 5.74) is 1.32. The van der Waals surface area contributed by atoms with E-state index < -0.39 is 0 Å². The molecule has 0 saturated carbocycles. The summed E-state index contributed by atoms with van der Waals surface area (Å²) in [6.07, 6.45) is 0. The summed E-state index contributed by atoms with van der Waals surface area (Å²) < 4.78 is 0. The Balaban J connectivity index is 2.50. The van der Waals surface area contributed by atoms with Crippen molar-refractivity contribution in [3.8, 4) is 0 Å². The highest BCUT2D eigenvalue weighted by molar-refractivity contribution is 6.09. The molecule has 0 saturated heterocycles. The van der Waals surface area contributed by atoms with Crippen LogP contribution < -0.4 is 0 Å². The van der Waals surface area contributed by atoms with E-state index in [1.54, 1.807) is 12.1 Å². The number of hydrogen-bond donors (Lipinski definition) is 0. The molecule has 18 heavy (non-hydrogen) atoms. The van der Waals surface area contributed by atoms with E-state index in [-0.39, 0.29) is 10.6 Å². The van der Waals surface area contributed by atoms with Crippen molar-refractivity contribution in [3.63, 3.8) is 0 Å². The number of fused-ring (bicyclic) bond motifs is 3. The Morgan fingerprint density at radius 1 is 0.944 bits per heavy atom. The third kappa shape index (κ3) is 1.52. The normalized spacial score (nSPS) is 10.9. The van der Waals surface area contributed by atoms with Crippen LogP contribution in [0, 0.1) is 17.0 Å². The molecule has 3 rings (SSSR count). The van der Waals surface area contributed by atoms with Gasteiger partial charge >= 0.3 is 0 Å². The van der Waals surface area contributed by atoms with Gasteiger partial charge in [-0.25, -0.2) is 0 Å². The van der Waals surface area contributed by atoms with E-state index in [2.05, 4.69) is 13.0 Å². The fourth-order valence-corrected chi connectivity index (χ4v) is 2.39. The maximum absolute atomic E-state index is 10.9. The molecule has 88 valence electrons. The van der Waals surface area contributed by atoms with Crippen molar-refractivity contribution in [2.75, 3.05) is 0 Å². The second-order valence-electron chi connectivity index (χ2n) is 4.40. The van der Waals surface area contributed by atoms with Crippen LogP contribution in [0.2, 0.25) is 0 Å². The van der Waals surface area contributed by atoms with E-state index in [0.717, 1.165) is 21.5 Å². The standard InChI is InChI=1S/C15H11NO2/c1-10-8-11-6-7-12(16(17)18)9-15(11)14-5-3-2-4-13(10)14/h2-9H,1H3. The summed E-state index contributed by atoms with van der Waals surface area (Å²) in [5, 5.41) is 15.0. The Kier molecular flexibility index (Phi) is 2.27. The van der Waals surface area contributed by atoms with Gasteiger partial charge in [-0.2, -0.15) is 0 Å². The van der Waals surface area contributed by atoms with E-state index in [9.17, 15) is 10.1 Å². The van der Waals surface area contributed by atoms with Crippen LogP contribution in [0.5, 0.6) is 0 Å². The molecule has 0 amide bonds. The van der Waals surface area contributed by atoms with E-state index >= 15 is 0 Å². The molecule has 0 aliphatic rings. The van der Waals surface area contributed by atoms with E-state index in [1.807, 2.05) is 30.3 Å². The first kappa shape index (κ1) is 10.7. The largest absolute Gasteiger partial charge is 0.270 e. The van der Waals surface area contributed by atoms with Gasteiger partial charge < -0.3 is 0 Å². The Hall–Kier alpha value is -2.42. The van der Waals surface area contributed by atoms with Crippen molar-refractivity contribution >= 4 is 27.2 Å². The molecule has 3 nitrogen and oxygen atoms in total. The minimum Gasteiger partial charge on any atom is -0.258 e. The lowest BCUT2D eigenvalue weighted by Crippen LogP contribution is -1.88. The van der Waals surface area contributed by atoms with Crippen molar-refractivity contribution in [3.05, 3.63) is 64.2 Å². The summed E-state index contributed by atoms with van der Waals surface area (Å²) in [4.78, 5) is 10.5. The zero-order valence-electron chi connectivity index (χ0n) is 9.88. The monoisotopic (exact) mass is 237 g/mol. The molecular weight excluding hydrogens is 226 g/mol. The number of hydrogen-bond acceptors (Lipinski definition) is 2. The smallest absolute Gasteiger partial charge is 0.258 e. The van der Waals surface area contributed by atoms with Gasteiger partial charge in [0.2, 0.25) is 0 Å². The van der Waals surface area contributed by atoms with Gasteiger partial charge in [-0.3, -0.25) is 10.1 Å². The Bertz CT molecular complexity index is 778. The van der Waals surface area contributed by atoms with Gasteiger partial charge in [0.25, 0.3) is 5.69 Å². The van der Waals surface area contributed by atoms with Crippen molar-refractivity contribution in [1.82, 2.24) is 0 Å². The highest BCUT2D eigenvalue weighted by Gasteiger charge is 2.09. The minimum absolute atomic E-state index is 0.136. The Morgan fingerprint density at radius 2 is 1.67 bits per heavy atom. The number of non-ortho nitro benzene ring substituents is 1. The first-order chi connectivity index (χ1) is 8.66. The van der Waals surface area contributed by atoms with Gasteiger partial charge in [-0.1, -0.05) is 30.3 Å². The van der Waals surface area contributed by atoms with Crippen molar-refractivity contribution in [2.24, 2.45) is 0 Å². The molecule has 0 aromatic heterocycles. The average molecular weight is 237 g/mol. The topological polar surface area (TPSA) is 43.1 Å². The maximum Gasteiger partial charge on any atom is 0.270 e. The molecule has 0 spiro atoms. The molecule has 0 fully saturated rings. The highest BCUT2D eigenvalue weighted by Crippen LogP contribution is 2.30. The van der Waals surface area contributed by atoms with Gasteiger partial charge in [-0.15, -0.1) is 0 Å². The molecule has 0 N–H and O–H groups in total. The first-order valence-electron chi connectivity index (χ1n) is 5.73. The van der Waals surface area contributed by atoms with Gasteiger partial charge in [-0.05, 0) is 40.1 Å². The average Bonchev–Trinajstić information content (AvgIpc) is 2.38. The maximum atomic E-state index is 10.9. The lowest BCUT2D eigenvalue weighted by atomic mass is 9.98. The van der Waals surface area contributed by atoms with Gasteiger partial charge in [0, 0.05) is 12.1 Å². The third-order valence-corrected chi connectivity index (χ3v) is 3.26. The predicted octanol–water partition coefficient (Wildman–Crippen LogP) is 4.21. The van der Waals surface area contributed by atoms with Gasteiger partial charge in [0.1, 0.15) is 0 Å². The fraction of sp³-hybridized carbons (Fsp3) is 0.0667. The van der Waals surface area contributed by atoms with E-state index in [0.29, 0.717) is 0 Å². The number of aryl methyl sites for hydroxylation is 1. The lowest BCUT2D eigenvalue weighted by molar-refractivity contribution is -0.384. The molecule has 0 bridgehead atoms. The molecule has 3 heteroatoms. The van der Waals surface area contributed by atoms with E-state index in [4.69, 9.17) is 0 Å². The van der Waals surface area contributed by atoms with Crippen LogP contribution in [0.4, 0.5) is 5.69 Å². The number of rotatable bonds is 1. The van der Waals surface area contributed by atoms with E-state index in [1.165, 1.54) is 5.56 Å². The summed E-state index contributed by atoms with van der Waals surface area (Å²) in [6, 6.07) is 15.1. The van der Waals surface area contributed by atoms with Crippen LogP contribution in [-0.2, 0) is 0 Å². The number of benzene rings is 3. The zero-order valence-corrected chi connectivity index (χ0v) is 9.88. The van der Waals surface area contributed by atoms with Crippen LogP contribution >= 0.6 is 0 Å². The fourth-order valence-electron chi connectivity index (χ4n) is 2.39. The van der Waals surface area contributed by atoms with Gasteiger partial charge in [0.15, 0.2) is 0 Å². The second kappa shape index (κ2) is 3.81. The molecule has 3 aromatic carbocycles. The Labute approximate surface area is 104 Å². The molecule has 0 radical (unpaired) electrons. The molecule has 0 heterocycles. The van der Waals surface area contributed by atoms with Crippen molar-refractivity contribution in [1.29, 1.82) is 0 Å². The van der Waals surface area contributed by atoms with Gasteiger partial charge in [0.05, 0.1) is 4.92 Å². The van der Waals surface area contributed by atoms with Crippen LogP contribution in [0.3, 0.4) is 0 Å². The third-order valence-electron chi connectivity index (χ3n) is 3.26. The molecule has 0 aliphatic carbocycles. The van der Waals surface area contributed by atoms with Crippen molar-refractivity contribution in [2.45, 2.75) is 6.92 Å². The summed E-state index contributed by atoms with van der Waals surface area (Å²) in [5.74, 6) is 0. The van der Waals surface area contributed by atoms with Crippen molar-refractivity contribution < 1.29 is 4.92 Å². The van der Waals surface area contributed by atoms with Crippen LogP contribution in [-0.4, -0.2) is 4.92 Å². The molecule has 3 aromatic rings. The minimum atomic E-state index is -0.353. The summed E-state index contributed by atoms with van der Waals surface area (Å²) in [7, 11) is 0. The van der Waals surface area contributed by atoms with Crippen LogP contribution in [0.25, 0.3) is 21.5 Å². The first-order valence-corrected chi connectivity index (χ1v) is 5.73. The van der Waals surface area contributed by atoms with Crippen LogP contribution in [0.1, 0.15) is 5.56 Å². The molecule has 0 aliphatic heterocycles. The zero-order chi connectivity index (χ0) is 12.7. The highest BCUT2D eigenvalue weighted by atomic mass is 16.6. The number of nitro benzene ring substituents is 1. The summed E-state index contributed by atoms with van der Waals surface area (Å²) >= 11 is 0.